The number of hydrogen-bond acceptors (Lipinski definition) is 2. The lowest BCUT2D eigenvalue weighted by molar-refractivity contribution is -0.141. The Morgan fingerprint density at radius 3 is 2.56 bits per heavy atom. The maximum atomic E-state index is 12.5. The summed E-state index contributed by atoms with van der Waals surface area (Å²) in [6, 6.07) is 5.48. The van der Waals surface area contributed by atoms with Crippen molar-refractivity contribution in [3.63, 3.8) is 0 Å². The highest BCUT2D eigenvalue weighted by Crippen LogP contribution is 2.32. The number of hydrogen-bond donors (Lipinski definition) is 1. The van der Waals surface area contributed by atoms with Gasteiger partial charge in [-0.2, -0.15) is 13.2 Å². The van der Waals surface area contributed by atoms with Crippen LogP contribution < -0.4 is 0 Å². The zero-order valence-corrected chi connectivity index (χ0v) is 8.34. The zero-order valence-electron chi connectivity index (χ0n) is 8.34. The average Bonchev–Trinajstić information content (AvgIpc) is 2.18. The number of phenolic OH excluding ortho intramolecular Hbond substituents is 1. The number of phenols is 1. The topological polar surface area (TPSA) is 33.1 Å². The first kappa shape index (κ1) is 10.7. The van der Waals surface area contributed by atoms with Crippen LogP contribution in [0.2, 0.25) is 0 Å². The first-order chi connectivity index (χ1) is 7.39. The quantitative estimate of drug-likeness (QED) is 0.749. The van der Waals surface area contributed by atoms with Crippen LogP contribution in [0, 0.1) is 6.92 Å². The van der Waals surface area contributed by atoms with Crippen LogP contribution in [0.4, 0.5) is 13.2 Å². The van der Waals surface area contributed by atoms with Gasteiger partial charge in [0, 0.05) is 5.39 Å². The summed E-state index contributed by atoms with van der Waals surface area (Å²) in [5, 5.41) is 9.98. The van der Waals surface area contributed by atoms with Gasteiger partial charge in [-0.15, -0.1) is 0 Å². The zero-order chi connectivity index (χ0) is 11.9. The number of pyridine rings is 1. The smallest absolute Gasteiger partial charge is 0.433 e. The van der Waals surface area contributed by atoms with Gasteiger partial charge in [-0.05, 0) is 24.6 Å². The van der Waals surface area contributed by atoms with Crippen LogP contribution in [0.3, 0.4) is 0 Å². The summed E-state index contributed by atoms with van der Waals surface area (Å²) in [5.74, 6) is -0.244. The van der Waals surface area contributed by atoms with Gasteiger partial charge in [0.25, 0.3) is 0 Å². The minimum Gasteiger partial charge on any atom is -0.506 e. The number of alkyl halides is 3. The Morgan fingerprint density at radius 2 is 1.94 bits per heavy atom. The molecule has 1 aromatic heterocycles. The average molecular weight is 227 g/mol. The van der Waals surface area contributed by atoms with E-state index < -0.39 is 11.9 Å². The molecule has 1 N–H and O–H groups in total. The van der Waals surface area contributed by atoms with E-state index in [2.05, 4.69) is 4.98 Å². The van der Waals surface area contributed by atoms with Crippen molar-refractivity contribution in [1.82, 2.24) is 4.98 Å². The molecule has 0 fully saturated rings. The summed E-state index contributed by atoms with van der Waals surface area (Å²) >= 11 is 0. The van der Waals surface area contributed by atoms with Gasteiger partial charge in [-0.25, -0.2) is 4.98 Å². The van der Waals surface area contributed by atoms with Crippen molar-refractivity contribution in [3.05, 3.63) is 35.5 Å². The molecular weight excluding hydrogens is 219 g/mol. The molecule has 1 heterocycles. The van der Waals surface area contributed by atoms with E-state index in [1.807, 2.05) is 0 Å². The highest BCUT2D eigenvalue weighted by molar-refractivity contribution is 5.87. The molecule has 16 heavy (non-hydrogen) atoms. The van der Waals surface area contributed by atoms with Gasteiger partial charge in [0.05, 0.1) is 0 Å². The number of para-hydroxylation sites is 1. The highest BCUT2D eigenvalue weighted by Gasteiger charge is 2.33. The number of aromatic hydroxyl groups is 1. The fourth-order valence-corrected chi connectivity index (χ4v) is 1.55. The van der Waals surface area contributed by atoms with Gasteiger partial charge in [-0.3, -0.25) is 0 Å². The number of benzene rings is 1. The van der Waals surface area contributed by atoms with Crippen molar-refractivity contribution in [2.45, 2.75) is 13.1 Å². The summed E-state index contributed by atoms with van der Waals surface area (Å²) in [4.78, 5) is 3.43. The molecular formula is C11H8F3NO. The third kappa shape index (κ3) is 1.68. The van der Waals surface area contributed by atoms with Crippen LogP contribution in [0.1, 0.15) is 11.3 Å². The van der Waals surface area contributed by atoms with E-state index in [-0.39, 0.29) is 11.3 Å². The number of rotatable bonds is 0. The summed E-state index contributed by atoms with van der Waals surface area (Å²) in [7, 11) is 0. The molecule has 5 heteroatoms. The van der Waals surface area contributed by atoms with Gasteiger partial charge in [0.15, 0.2) is 0 Å². The number of nitrogens with zero attached hydrogens (tertiary/aromatic N) is 1. The maximum absolute atomic E-state index is 12.5. The lowest BCUT2D eigenvalue weighted by Gasteiger charge is -2.09. The number of halogens is 3. The molecule has 0 aliphatic rings. The highest BCUT2D eigenvalue weighted by atomic mass is 19.4. The molecule has 0 amide bonds. The fraction of sp³-hybridized carbons (Fsp3) is 0.182. The van der Waals surface area contributed by atoms with Crippen LogP contribution in [0.25, 0.3) is 10.9 Å². The van der Waals surface area contributed by atoms with Crippen molar-refractivity contribution in [2.24, 2.45) is 0 Å². The molecule has 0 radical (unpaired) electrons. The molecule has 84 valence electrons. The third-order valence-corrected chi connectivity index (χ3v) is 2.32. The van der Waals surface area contributed by atoms with E-state index in [1.165, 1.54) is 6.07 Å². The Morgan fingerprint density at radius 1 is 1.25 bits per heavy atom. The summed E-state index contributed by atoms with van der Waals surface area (Å²) < 4.78 is 37.5. The second-order valence-electron chi connectivity index (χ2n) is 3.50. The molecule has 0 spiro atoms. The largest absolute Gasteiger partial charge is 0.506 e. The van der Waals surface area contributed by atoms with E-state index in [0.717, 1.165) is 6.07 Å². The second-order valence-corrected chi connectivity index (χ2v) is 3.50. The molecule has 2 aromatic rings. The molecule has 0 bridgehead atoms. The Hall–Kier alpha value is -1.78. The molecule has 2 nitrogen and oxygen atoms in total. The number of fused-ring (bicyclic) bond motifs is 1. The van der Waals surface area contributed by atoms with Crippen LogP contribution >= 0.6 is 0 Å². The molecule has 0 atom stereocenters. The van der Waals surface area contributed by atoms with Gasteiger partial charge in [-0.1, -0.05) is 12.1 Å². The van der Waals surface area contributed by atoms with E-state index in [9.17, 15) is 18.3 Å². The number of aromatic nitrogens is 1. The van der Waals surface area contributed by atoms with Crippen LogP contribution in [-0.2, 0) is 6.18 Å². The molecule has 2 rings (SSSR count). The normalized spacial score (nSPS) is 12.0. The lowest BCUT2D eigenvalue weighted by atomic mass is 10.1. The summed E-state index contributed by atoms with van der Waals surface area (Å²) in [6.07, 6.45) is -4.50. The van der Waals surface area contributed by atoms with Gasteiger partial charge in [0.1, 0.15) is 17.0 Å². The van der Waals surface area contributed by atoms with Crippen LogP contribution in [0.5, 0.6) is 5.75 Å². The Bertz CT molecular complexity index is 549. The van der Waals surface area contributed by atoms with E-state index in [0.29, 0.717) is 10.9 Å². The molecule has 1 aromatic carbocycles. The molecule has 0 aliphatic carbocycles. The minimum absolute atomic E-state index is 0.0187. The Kier molecular flexibility index (Phi) is 2.26. The van der Waals surface area contributed by atoms with Crippen molar-refractivity contribution < 1.29 is 18.3 Å². The Balaban J connectivity index is 2.81. The maximum Gasteiger partial charge on any atom is 0.433 e. The van der Waals surface area contributed by atoms with Crippen molar-refractivity contribution in [1.29, 1.82) is 0 Å². The minimum atomic E-state index is -4.50. The predicted molar refractivity (Wildman–Crippen MR) is 53.1 cm³/mol. The van der Waals surface area contributed by atoms with Crippen molar-refractivity contribution >= 4 is 10.9 Å². The Labute approximate surface area is 89.4 Å². The number of aryl methyl sites for hydroxylation is 1. The standard InChI is InChI=1S/C11H8F3NO/c1-6-5-9(11(12,13)14)15-10-7(6)3-2-4-8(10)16/h2-5,16H,1H3. The SMILES string of the molecule is Cc1cc(C(F)(F)F)nc2c(O)cccc12. The molecule has 0 aliphatic heterocycles. The van der Waals surface area contributed by atoms with Crippen LogP contribution in [0.15, 0.2) is 24.3 Å². The first-order valence-corrected chi connectivity index (χ1v) is 4.56. The summed E-state index contributed by atoms with van der Waals surface area (Å²) in [5.41, 5.74) is -0.568. The molecule has 0 saturated carbocycles. The fourth-order valence-electron chi connectivity index (χ4n) is 1.55. The second kappa shape index (κ2) is 3.37. The van der Waals surface area contributed by atoms with Gasteiger partial charge in [0.2, 0.25) is 0 Å². The van der Waals surface area contributed by atoms with E-state index in [1.54, 1.807) is 19.1 Å². The van der Waals surface area contributed by atoms with E-state index >= 15 is 0 Å². The monoisotopic (exact) mass is 227 g/mol. The predicted octanol–water partition coefficient (Wildman–Crippen LogP) is 3.27. The first-order valence-electron chi connectivity index (χ1n) is 4.56. The lowest BCUT2D eigenvalue weighted by Crippen LogP contribution is -2.08. The van der Waals surface area contributed by atoms with Gasteiger partial charge >= 0.3 is 6.18 Å². The van der Waals surface area contributed by atoms with Gasteiger partial charge < -0.3 is 5.11 Å². The summed E-state index contributed by atoms with van der Waals surface area (Å²) in [6.45, 7) is 1.55. The van der Waals surface area contributed by atoms with Crippen molar-refractivity contribution in [3.8, 4) is 5.75 Å². The molecule has 0 saturated heterocycles. The third-order valence-electron chi connectivity index (χ3n) is 2.32. The van der Waals surface area contributed by atoms with Crippen LogP contribution in [-0.4, -0.2) is 10.1 Å². The van der Waals surface area contributed by atoms with E-state index in [4.69, 9.17) is 0 Å². The van der Waals surface area contributed by atoms with Crippen molar-refractivity contribution in [2.75, 3.05) is 0 Å². The molecule has 0 unspecified atom stereocenters.